The van der Waals surface area contributed by atoms with Gasteiger partial charge in [-0.3, -0.25) is 4.79 Å². The second kappa shape index (κ2) is 6.10. The molecule has 3 nitrogen and oxygen atoms in total. The minimum atomic E-state index is 0.272. The summed E-state index contributed by atoms with van der Waals surface area (Å²) >= 11 is 5.79. The van der Waals surface area contributed by atoms with Crippen molar-refractivity contribution in [2.45, 2.75) is 19.8 Å². The van der Waals surface area contributed by atoms with Crippen LogP contribution in [-0.2, 0) is 4.79 Å². The quantitative estimate of drug-likeness (QED) is 0.768. The highest BCUT2D eigenvalue weighted by molar-refractivity contribution is 6.30. The lowest BCUT2D eigenvalue weighted by Crippen LogP contribution is -2.27. The van der Waals surface area contributed by atoms with Gasteiger partial charge in [0, 0.05) is 24.5 Å². The van der Waals surface area contributed by atoms with Gasteiger partial charge >= 0.3 is 0 Å². The molecule has 18 heavy (non-hydrogen) atoms. The Morgan fingerprint density at radius 3 is 2.72 bits per heavy atom. The fourth-order valence-corrected chi connectivity index (χ4v) is 2.29. The summed E-state index contributed by atoms with van der Waals surface area (Å²) in [4.78, 5) is 13.5. The first-order chi connectivity index (χ1) is 8.65. The van der Waals surface area contributed by atoms with Gasteiger partial charge in [0.25, 0.3) is 0 Å². The molecule has 0 spiro atoms. The first-order valence-corrected chi connectivity index (χ1v) is 6.69. The number of halogens is 1. The van der Waals surface area contributed by atoms with Gasteiger partial charge < -0.3 is 9.64 Å². The van der Waals surface area contributed by atoms with E-state index in [1.807, 2.05) is 29.2 Å². The molecule has 1 saturated heterocycles. The molecule has 0 saturated carbocycles. The molecule has 1 unspecified atom stereocenters. The zero-order valence-electron chi connectivity index (χ0n) is 10.6. The molecule has 1 fully saturated rings. The molecule has 98 valence electrons. The summed E-state index contributed by atoms with van der Waals surface area (Å²) in [5, 5.41) is 0.707. The lowest BCUT2D eigenvalue weighted by molar-refractivity contribution is -0.127. The lowest BCUT2D eigenvalue weighted by Gasteiger charge is -2.16. The molecule has 1 atom stereocenters. The van der Waals surface area contributed by atoms with E-state index in [0.717, 1.165) is 25.3 Å². The van der Waals surface area contributed by atoms with E-state index < -0.39 is 0 Å². The van der Waals surface area contributed by atoms with E-state index in [1.165, 1.54) is 0 Å². The fraction of sp³-hybridized carbons (Fsp3) is 0.500. The minimum Gasteiger partial charge on any atom is -0.494 e. The Morgan fingerprint density at radius 1 is 1.39 bits per heavy atom. The predicted molar refractivity (Wildman–Crippen MR) is 71.9 cm³/mol. The third kappa shape index (κ3) is 3.64. The molecule has 1 aliphatic heterocycles. The normalized spacial score (nSPS) is 19.3. The van der Waals surface area contributed by atoms with E-state index >= 15 is 0 Å². The molecule has 1 aromatic rings. The van der Waals surface area contributed by atoms with Gasteiger partial charge in [-0.1, -0.05) is 18.5 Å². The molecule has 0 N–H and O–H groups in total. The van der Waals surface area contributed by atoms with Crippen molar-refractivity contribution in [1.82, 2.24) is 4.90 Å². The fourth-order valence-electron chi connectivity index (χ4n) is 2.16. The number of likely N-dealkylation sites (tertiary alicyclic amines) is 1. The molecule has 1 aliphatic rings. The second-order valence-corrected chi connectivity index (χ2v) is 5.24. The lowest BCUT2D eigenvalue weighted by atomic mass is 10.2. The summed E-state index contributed by atoms with van der Waals surface area (Å²) in [6.45, 7) is 4.42. The standard InChI is InChI=1S/C14H18ClNO2/c1-11-9-14(17)16(10-11)7-2-8-18-13-5-3-12(15)4-6-13/h3-6,11H,2,7-10H2,1H3. The third-order valence-electron chi connectivity index (χ3n) is 3.06. The van der Waals surface area contributed by atoms with Crippen molar-refractivity contribution in [3.63, 3.8) is 0 Å². The number of amides is 1. The molecule has 0 bridgehead atoms. The van der Waals surface area contributed by atoms with Crippen molar-refractivity contribution in [3.05, 3.63) is 29.3 Å². The van der Waals surface area contributed by atoms with E-state index in [-0.39, 0.29) is 5.91 Å². The summed E-state index contributed by atoms with van der Waals surface area (Å²) in [5.41, 5.74) is 0. The van der Waals surface area contributed by atoms with Crippen LogP contribution in [0.3, 0.4) is 0 Å². The highest BCUT2D eigenvalue weighted by Gasteiger charge is 2.25. The summed E-state index contributed by atoms with van der Waals surface area (Å²) < 4.78 is 5.59. The van der Waals surface area contributed by atoms with Crippen molar-refractivity contribution >= 4 is 17.5 Å². The number of ether oxygens (including phenoxy) is 1. The van der Waals surface area contributed by atoms with Crippen molar-refractivity contribution in [2.24, 2.45) is 5.92 Å². The third-order valence-corrected chi connectivity index (χ3v) is 3.31. The predicted octanol–water partition coefficient (Wildman–Crippen LogP) is 2.98. The maximum absolute atomic E-state index is 11.6. The molecule has 1 amide bonds. The molecule has 0 aromatic heterocycles. The van der Waals surface area contributed by atoms with Gasteiger partial charge in [-0.2, -0.15) is 0 Å². The second-order valence-electron chi connectivity index (χ2n) is 4.80. The number of carbonyl (C=O) groups excluding carboxylic acids is 1. The van der Waals surface area contributed by atoms with Gasteiger partial charge in [-0.05, 0) is 36.6 Å². The molecule has 2 rings (SSSR count). The van der Waals surface area contributed by atoms with E-state index in [9.17, 15) is 4.79 Å². The maximum atomic E-state index is 11.6. The first-order valence-electron chi connectivity index (χ1n) is 6.31. The minimum absolute atomic E-state index is 0.272. The van der Waals surface area contributed by atoms with Crippen LogP contribution in [0.15, 0.2) is 24.3 Å². The van der Waals surface area contributed by atoms with E-state index in [0.29, 0.717) is 24.0 Å². The van der Waals surface area contributed by atoms with Gasteiger partial charge in [0.1, 0.15) is 5.75 Å². The Kier molecular flexibility index (Phi) is 4.48. The summed E-state index contributed by atoms with van der Waals surface area (Å²) in [6.07, 6.45) is 1.55. The summed E-state index contributed by atoms with van der Waals surface area (Å²) in [7, 11) is 0. The van der Waals surface area contributed by atoms with E-state index in [4.69, 9.17) is 16.3 Å². The van der Waals surface area contributed by atoms with E-state index in [1.54, 1.807) is 0 Å². The topological polar surface area (TPSA) is 29.5 Å². The monoisotopic (exact) mass is 267 g/mol. The number of rotatable bonds is 5. The summed E-state index contributed by atoms with van der Waals surface area (Å²) in [5.74, 6) is 1.59. The molecule has 0 radical (unpaired) electrons. The van der Waals surface area contributed by atoms with Crippen molar-refractivity contribution < 1.29 is 9.53 Å². The molecular formula is C14H18ClNO2. The van der Waals surface area contributed by atoms with Crippen LogP contribution in [0.4, 0.5) is 0 Å². The highest BCUT2D eigenvalue weighted by atomic mass is 35.5. The number of hydrogen-bond acceptors (Lipinski definition) is 2. The number of nitrogens with zero attached hydrogens (tertiary/aromatic N) is 1. The van der Waals surface area contributed by atoms with Crippen LogP contribution in [0.1, 0.15) is 19.8 Å². The zero-order valence-corrected chi connectivity index (χ0v) is 11.3. The molecule has 1 heterocycles. The number of carbonyl (C=O) groups is 1. The van der Waals surface area contributed by atoms with Crippen molar-refractivity contribution in [2.75, 3.05) is 19.7 Å². The zero-order chi connectivity index (χ0) is 13.0. The Hall–Kier alpha value is -1.22. The molecule has 1 aromatic carbocycles. The van der Waals surface area contributed by atoms with Gasteiger partial charge in [0.05, 0.1) is 6.61 Å². The van der Waals surface area contributed by atoms with Crippen LogP contribution in [0.25, 0.3) is 0 Å². The number of hydrogen-bond donors (Lipinski definition) is 0. The summed E-state index contributed by atoms with van der Waals surface area (Å²) in [6, 6.07) is 7.32. The van der Waals surface area contributed by atoms with Gasteiger partial charge in [0.2, 0.25) is 5.91 Å². The Morgan fingerprint density at radius 2 is 2.11 bits per heavy atom. The van der Waals surface area contributed by atoms with Crippen LogP contribution in [0.2, 0.25) is 5.02 Å². The first kappa shape index (κ1) is 13.2. The van der Waals surface area contributed by atoms with Crippen LogP contribution in [0, 0.1) is 5.92 Å². The average molecular weight is 268 g/mol. The number of benzene rings is 1. The van der Waals surface area contributed by atoms with Crippen molar-refractivity contribution in [1.29, 1.82) is 0 Å². The molecular weight excluding hydrogens is 250 g/mol. The maximum Gasteiger partial charge on any atom is 0.222 e. The van der Waals surface area contributed by atoms with Gasteiger partial charge in [-0.25, -0.2) is 0 Å². The van der Waals surface area contributed by atoms with Gasteiger partial charge in [0.15, 0.2) is 0 Å². The Balaban J connectivity index is 1.67. The largest absolute Gasteiger partial charge is 0.494 e. The Bertz CT molecular complexity index is 405. The molecule has 0 aliphatic carbocycles. The van der Waals surface area contributed by atoms with Crippen molar-refractivity contribution in [3.8, 4) is 5.75 Å². The highest BCUT2D eigenvalue weighted by Crippen LogP contribution is 2.18. The van der Waals surface area contributed by atoms with E-state index in [2.05, 4.69) is 6.92 Å². The van der Waals surface area contributed by atoms with Crippen LogP contribution < -0.4 is 4.74 Å². The SMILES string of the molecule is CC1CC(=O)N(CCCOc2ccc(Cl)cc2)C1. The smallest absolute Gasteiger partial charge is 0.222 e. The molecule has 4 heteroatoms. The average Bonchev–Trinajstić information content (AvgIpc) is 2.66. The Labute approximate surface area is 113 Å². The van der Waals surface area contributed by atoms with Gasteiger partial charge in [-0.15, -0.1) is 0 Å². The van der Waals surface area contributed by atoms with Crippen LogP contribution in [0.5, 0.6) is 5.75 Å². The van der Waals surface area contributed by atoms with Crippen LogP contribution >= 0.6 is 11.6 Å². The van der Waals surface area contributed by atoms with Crippen LogP contribution in [-0.4, -0.2) is 30.5 Å².